The summed E-state index contributed by atoms with van der Waals surface area (Å²) in [5.41, 5.74) is 18.6. The molecule has 0 spiro atoms. The van der Waals surface area contributed by atoms with Crippen molar-refractivity contribution in [3.8, 4) is 39.1 Å². The lowest BCUT2D eigenvalue weighted by Gasteiger charge is -2.35. The van der Waals surface area contributed by atoms with Crippen LogP contribution in [0.3, 0.4) is 0 Å². The molecule has 1 unspecified atom stereocenters. The Morgan fingerprint density at radius 3 is 1.72 bits per heavy atom. The Hall–Kier alpha value is -8.20. The van der Waals surface area contributed by atoms with E-state index in [1.165, 1.54) is 77.5 Å². The average molecular weight is 819 g/mol. The Kier molecular flexibility index (Phi) is 9.83. The van der Waals surface area contributed by atoms with E-state index in [9.17, 15) is 0 Å². The zero-order valence-electron chi connectivity index (χ0n) is 35.8. The molecule has 0 bridgehead atoms. The molecule has 0 aliphatic heterocycles. The third-order valence-electron chi connectivity index (χ3n) is 13.1. The zero-order valence-corrected chi connectivity index (χ0v) is 35.8. The average Bonchev–Trinajstić information content (AvgIpc) is 3.85. The first-order valence-corrected chi connectivity index (χ1v) is 22.0. The summed E-state index contributed by atoms with van der Waals surface area (Å²) in [6.07, 6.45) is 8.20. The van der Waals surface area contributed by atoms with Gasteiger partial charge in [-0.3, -0.25) is 0 Å². The van der Waals surface area contributed by atoms with Crippen LogP contribution < -0.4 is 4.90 Å². The lowest BCUT2D eigenvalue weighted by molar-refractivity contribution is 0.746. The van der Waals surface area contributed by atoms with Crippen molar-refractivity contribution in [2.24, 2.45) is 0 Å². The molecular weight excluding hydrogens is 773 g/mol. The molecule has 2 nitrogen and oxygen atoms in total. The smallest absolute Gasteiger partial charge is 0.0674 e. The Morgan fingerprint density at radius 2 is 1.00 bits per heavy atom. The second kappa shape index (κ2) is 16.2. The summed E-state index contributed by atoms with van der Waals surface area (Å²) in [5, 5.41) is 2.49. The highest BCUT2D eigenvalue weighted by atomic mass is 15.1. The molecular formula is C62H46N2. The molecule has 9 aromatic carbocycles. The molecule has 0 saturated heterocycles. The van der Waals surface area contributed by atoms with Crippen LogP contribution in [-0.4, -0.2) is 4.57 Å². The van der Waals surface area contributed by atoms with Gasteiger partial charge in [0.25, 0.3) is 0 Å². The van der Waals surface area contributed by atoms with Gasteiger partial charge in [0.05, 0.1) is 16.4 Å². The van der Waals surface area contributed by atoms with Crippen molar-refractivity contribution in [3.63, 3.8) is 0 Å². The summed E-state index contributed by atoms with van der Waals surface area (Å²) >= 11 is 0. The Bertz CT molecular complexity index is 3370. The summed E-state index contributed by atoms with van der Waals surface area (Å²) in [5.74, 6) is 0. The number of allylic oxidation sites excluding steroid dienone is 5. The Labute approximate surface area is 375 Å². The van der Waals surface area contributed by atoms with Crippen LogP contribution in [0.5, 0.6) is 0 Å². The molecule has 10 aromatic rings. The molecule has 1 aliphatic rings. The maximum absolute atomic E-state index is 3.95. The molecule has 0 amide bonds. The molecule has 1 aromatic heterocycles. The van der Waals surface area contributed by atoms with Gasteiger partial charge in [0, 0.05) is 33.5 Å². The van der Waals surface area contributed by atoms with Gasteiger partial charge >= 0.3 is 0 Å². The van der Waals surface area contributed by atoms with Gasteiger partial charge in [0.2, 0.25) is 0 Å². The number of benzene rings is 9. The van der Waals surface area contributed by atoms with E-state index in [0.29, 0.717) is 0 Å². The summed E-state index contributed by atoms with van der Waals surface area (Å²) in [4.78, 5) is 2.41. The van der Waals surface area contributed by atoms with Gasteiger partial charge in [-0.25, -0.2) is 0 Å². The number of aromatic nitrogens is 1. The monoisotopic (exact) mass is 818 g/mol. The van der Waals surface area contributed by atoms with Gasteiger partial charge in [-0.2, -0.15) is 0 Å². The van der Waals surface area contributed by atoms with Crippen molar-refractivity contribution in [2.75, 3.05) is 4.90 Å². The lowest BCUT2D eigenvalue weighted by atomic mass is 9.67. The number of fused-ring (bicyclic) bond motifs is 6. The first-order valence-electron chi connectivity index (χ1n) is 22.0. The van der Waals surface area contributed by atoms with Crippen LogP contribution >= 0.6 is 0 Å². The molecule has 1 atom stereocenters. The van der Waals surface area contributed by atoms with E-state index in [2.05, 4.69) is 260 Å². The van der Waals surface area contributed by atoms with Crippen LogP contribution in [0, 0.1) is 0 Å². The molecule has 0 radical (unpaired) electrons. The van der Waals surface area contributed by atoms with Crippen LogP contribution in [0.25, 0.3) is 60.9 Å². The van der Waals surface area contributed by atoms with Gasteiger partial charge in [-0.05, 0) is 124 Å². The molecule has 304 valence electrons. The Morgan fingerprint density at radius 1 is 0.453 bits per heavy atom. The number of rotatable bonds is 10. The van der Waals surface area contributed by atoms with Crippen molar-refractivity contribution >= 4 is 38.9 Å². The SMILES string of the molecule is C=C/C=C\C=C(/C)C1(c2ccccc2)c2ccccc2-c2ccc(N(c3ccc(-c4ccccc4)cc3)c3ccc(-c4ccc5c(c4)c4ccccc4n5-c4ccccc4)cc3)cc21. The van der Waals surface area contributed by atoms with Crippen molar-refractivity contribution < 1.29 is 0 Å². The normalized spacial score (nSPS) is 14.5. The fourth-order valence-electron chi connectivity index (χ4n) is 10.2. The first-order chi connectivity index (χ1) is 31.6. The lowest BCUT2D eigenvalue weighted by Crippen LogP contribution is -2.28. The van der Waals surface area contributed by atoms with Gasteiger partial charge in [-0.15, -0.1) is 0 Å². The Balaban J connectivity index is 1.06. The van der Waals surface area contributed by atoms with Crippen molar-refractivity contribution in [3.05, 3.63) is 278 Å². The number of para-hydroxylation sites is 2. The summed E-state index contributed by atoms with van der Waals surface area (Å²) in [6.45, 7) is 6.22. The molecule has 64 heavy (non-hydrogen) atoms. The van der Waals surface area contributed by atoms with Crippen LogP contribution in [-0.2, 0) is 5.41 Å². The molecule has 0 fully saturated rings. The van der Waals surface area contributed by atoms with Gasteiger partial charge in [-0.1, -0.05) is 194 Å². The van der Waals surface area contributed by atoms with E-state index in [-0.39, 0.29) is 0 Å². The van der Waals surface area contributed by atoms with Gasteiger partial charge in [0.15, 0.2) is 0 Å². The molecule has 2 heteroatoms. The summed E-state index contributed by atoms with van der Waals surface area (Å²) in [6, 6.07) is 81.9. The molecule has 1 heterocycles. The third kappa shape index (κ3) is 6.42. The van der Waals surface area contributed by atoms with E-state index in [0.717, 1.165) is 22.7 Å². The molecule has 1 aliphatic carbocycles. The van der Waals surface area contributed by atoms with E-state index in [1.54, 1.807) is 0 Å². The van der Waals surface area contributed by atoms with E-state index >= 15 is 0 Å². The van der Waals surface area contributed by atoms with Gasteiger partial charge in [0.1, 0.15) is 0 Å². The highest BCUT2D eigenvalue weighted by molar-refractivity contribution is 6.10. The summed E-state index contributed by atoms with van der Waals surface area (Å²) in [7, 11) is 0. The van der Waals surface area contributed by atoms with E-state index in [4.69, 9.17) is 0 Å². The fraction of sp³-hybridized carbons (Fsp3) is 0.0323. The van der Waals surface area contributed by atoms with Crippen molar-refractivity contribution in [1.29, 1.82) is 0 Å². The molecule has 0 N–H and O–H groups in total. The van der Waals surface area contributed by atoms with Crippen molar-refractivity contribution in [2.45, 2.75) is 12.3 Å². The zero-order chi connectivity index (χ0) is 43.0. The minimum Gasteiger partial charge on any atom is -0.310 e. The van der Waals surface area contributed by atoms with Crippen LogP contribution in [0.2, 0.25) is 0 Å². The predicted octanol–water partition coefficient (Wildman–Crippen LogP) is 16.6. The van der Waals surface area contributed by atoms with E-state index in [1.807, 2.05) is 12.2 Å². The second-order valence-electron chi connectivity index (χ2n) is 16.6. The number of anilines is 3. The van der Waals surface area contributed by atoms with Gasteiger partial charge < -0.3 is 9.47 Å². The molecule has 11 rings (SSSR count). The second-order valence-corrected chi connectivity index (χ2v) is 16.6. The third-order valence-corrected chi connectivity index (χ3v) is 13.1. The number of nitrogens with zero attached hydrogens (tertiary/aromatic N) is 2. The van der Waals surface area contributed by atoms with Crippen LogP contribution in [0.4, 0.5) is 17.1 Å². The maximum atomic E-state index is 3.95. The minimum atomic E-state index is -0.510. The van der Waals surface area contributed by atoms with Crippen molar-refractivity contribution in [1.82, 2.24) is 4.57 Å². The molecule has 0 saturated carbocycles. The first kappa shape index (κ1) is 38.7. The quantitative estimate of drug-likeness (QED) is 0.125. The summed E-state index contributed by atoms with van der Waals surface area (Å²) < 4.78 is 2.37. The topological polar surface area (TPSA) is 8.17 Å². The highest BCUT2D eigenvalue weighted by Gasteiger charge is 2.46. The van der Waals surface area contributed by atoms with Crippen LogP contribution in [0.1, 0.15) is 23.6 Å². The largest absolute Gasteiger partial charge is 0.310 e. The van der Waals surface area contributed by atoms with E-state index < -0.39 is 5.41 Å². The maximum Gasteiger partial charge on any atom is 0.0674 e. The standard InChI is InChI=1S/C62H46N2/c1-3-4-8-19-44(2)62(49-22-11-6-12-23-49)58-28-17-15-26-54(58)55-40-39-53(43-59(55)62)63(51-35-30-46(31-36-51)45-20-9-5-10-21-45)52-37-32-47(33-38-52)48-34-41-61-57(42-48)56-27-16-18-29-60(56)64(61)50-24-13-7-14-25-50/h3-43H,1H2,2H3/b8-4-,44-19+. The minimum absolute atomic E-state index is 0.510. The predicted molar refractivity (Wildman–Crippen MR) is 271 cm³/mol. The number of hydrogen-bond donors (Lipinski definition) is 0. The number of hydrogen-bond acceptors (Lipinski definition) is 1. The highest BCUT2D eigenvalue weighted by Crippen LogP contribution is 2.57. The fourth-order valence-corrected chi connectivity index (χ4v) is 10.2. The van der Waals surface area contributed by atoms with Crippen LogP contribution in [0.15, 0.2) is 261 Å².